The molecule has 1 heteroatoms. The van der Waals surface area contributed by atoms with Crippen LogP contribution in [0, 0.1) is 20.8 Å². The smallest absolute Gasteiger partial charge is 0.0453 e. The van der Waals surface area contributed by atoms with Crippen LogP contribution < -0.4 is 0 Å². The predicted octanol–water partition coefficient (Wildman–Crippen LogP) is 3.96. The lowest BCUT2D eigenvalue weighted by atomic mass is 9.90. The highest BCUT2D eigenvalue weighted by Crippen LogP contribution is 2.30. The summed E-state index contributed by atoms with van der Waals surface area (Å²) in [7, 11) is 0. The molecule has 0 fully saturated rings. The highest BCUT2D eigenvalue weighted by atomic mass is 14.7. The zero-order valence-corrected chi connectivity index (χ0v) is 9.93. The Balaban J connectivity index is 2.47. The van der Waals surface area contributed by atoms with Gasteiger partial charge in [-0.25, -0.2) is 0 Å². The maximum Gasteiger partial charge on any atom is 0.0453 e. The molecule has 0 saturated heterocycles. The first-order valence-corrected chi connectivity index (χ1v) is 5.83. The van der Waals surface area contributed by atoms with Crippen LogP contribution in [-0.2, 0) is 0 Å². The Bertz CT molecular complexity index is 379. The molecule has 0 bridgehead atoms. The number of aromatic nitrogens is 1. The molecular weight excluding hydrogens is 182 g/mol. The number of rotatable bonds is 1. The molecule has 0 spiro atoms. The third kappa shape index (κ3) is 2.11. The summed E-state index contributed by atoms with van der Waals surface area (Å²) < 4.78 is 0. The summed E-state index contributed by atoms with van der Waals surface area (Å²) >= 11 is 0. The molecule has 0 aliphatic heterocycles. The van der Waals surface area contributed by atoms with E-state index in [0.717, 1.165) is 5.69 Å². The van der Waals surface area contributed by atoms with E-state index in [1.165, 1.54) is 48.1 Å². The molecule has 1 nitrogen and oxygen atoms in total. The van der Waals surface area contributed by atoms with Gasteiger partial charge in [0, 0.05) is 17.0 Å². The summed E-state index contributed by atoms with van der Waals surface area (Å²) in [4.78, 5) is 4.57. The first-order chi connectivity index (χ1) is 7.18. The number of nitrogens with zero attached hydrogens (tertiary/aromatic N) is 1. The maximum absolute atomic E-state index is 4.57. The van der Waals surface area contributed by atoms with E-state index in [9.17, 15) is 0 Å². The van der Waals surface area contributed by atoms with E-state index in [4.69, 9.17) is 0 Å². The van der Waals surface area contributed by atoms with Crippen LogP contribution in [0.3, 0.4) is 0 Å². The predicted molar refractivity (Wildman–Crippen MR) is 64.9 cm³/mol. The molecule has 1 heterocycles. The Hall–Kier alpha value is -1.11. The van der Waals surface area contributed by atoms with E-state index in [1.807, 2.05) is 0 Å². The van der Waals surface area contributed by atoms with Crippen LogP contribution in [-0.4, -0.2) is 4.98 Å². The summed E-state index contributed by atoms with van der Waals surface area (Å²) in [6.45, 7) is 6.40. The van der Waals surface area contributed by atoms with Gasteiger partial charge in [-0.2, -0.15) is 0 Å². The van der Waals surface area contributed by atoms with E-state index in [0.29, 0.717) is 0 Å². The minimum absolute atomic E-state index is 1.13. The van der Waals surface area contributed by atoms with Crippen LogP contribution in [0.1, 0.15) is 48.2 Å². The van der Waals surface area contributed by atoms with E-state index in [1.54, 1.807) is 0 Å². The van der Waals surface area contributed by atoms with Gasteiger partial charge in [-0.3, -0.25) is 4.98 Å². The summed E-state index contributed by atoms with van der Waals surface area (Å²) in [5.41, 5.74) is 6.63. The second-order valence-corrected chi connectivity index (χ2v) is 4.52. The molecule has 1 aliphatic carbocycles. The molecule has 0 atom stereocenters. The number of hydrogen-bond donors (Lipinski definition) is 0. The molecule has 1 aromatic heterocycles. The van der Waals surface area contributed by atoms with Crippen molar-refractivity contribution < 1.29 is 0 Å². The van der Waals surface area contributed by atoms with Crippen molar-refractivity contribution in [2.45, 2.75) is 46.5 Å². The van der Waals surface area contributed by atoms with Crippen molar-refractivity contribution in [2.24, 2.45) is 0 Å². The van der Waals surface area contributed by atoms with Gasteiger partial charge in [-0.15, -0.1) is 0 Å². The molecule has 15 heavy (non-hydrogen) atoms. The summed E-state index contributed by atoms with van der Waals surface area (Å²) in [5, 5.41) is 0. The summed E-state index contributed by atoms with van der Waals surface area (Å²) in [6, 6.07) is 2.19. The van der Waals surface area contributed by atoms with Crippen molar-refractivity contribution in [3.63, 3.8) is 0 Å². The minimum Gasteiger partial charge on any atom is -0.258 e. The largest absolute Gasteiger partial charge is 0.258 e. The Morgan fingerprint density at radius 1 is 1.13 bits per heavy atom. The normalized spacial score (nSPS) is 16.3. The summed E-state index contributed by atoms with van der Waals surface area (Å²) in [5.74, 6) is 0. The van der Waals surface area contributed by atoms with Crippen LogP contribution in [0.2, 0.25) is 0 Å². The second kappa shape index (κ2) is 4.18. The fraction of sp³-hybridized carbons (Fsp3) is 0.500. The molecule has 0 saturated carbocycles. The Morgan fingerprint density at radius 3 is 2.53 bits per heavy atom. The Morgan fingerprint density at radius 2 is 1.93 bits per heavy atom. The molecule has 0 amide bonds. The van der Waals surface area contributed by atoms with E-state index in [-0.39, 0.29) is 0 Å². The Labute approximate surface area is 92.2 Å². The number of pyridine rings is 1. The zero-order chi connectivity index (χ0) is 10.8. The molecule has 0 aromatic carbocycles. The van der Waals surface area contributed by atoms with Crippen LogP contribution in [0.15, 0.2) is 12.1 Å². The maximum atomic E-state index is 4.57. The lowest BCUT2D eigenvalue weighted by Gasteiger charge is -2.17. The minimum atomic E-state index is 1.13. The zero-order valence-electron chi connectivity index (χ0n) is 9.93. The van der Waals surface area contributed by atoms with Crippen molar-refractivity contribution in [1.29, 1.82) is 0 Å². The molecule has 0 unspecified atom stereocenters. The molecular formula is C14H19N. The van der Waals surface area contributed by atoms with Crippen LogP contribution in [0.25, 0.3) is 5.57 Å². The van der Waals surface area contributed by atoms with Crippen LogP contribution in [0.4, 0.5) is 0 Å². The lowest BCUT2D eigenvalue weighted by Crippen LogP contribution is -2.00. The van der Waals surface area contributed by atoms with Crippen molar-refractivity contribution in [1.82, 2.24) is 4.98 Å². The molecule has 0 N–H and O–H groups in total. The topological polar surface area (TPSA) is 12.9 Å². The third-order valence-electron chi connectivity index (χ3n) is 3.14. The van der Waals surface area contributed by atoms with Crippen molar-refractivity contribution in [3.05, 3.63) is 34.7 Å². The van der Waals surface area contributed by atoms with E-state index >= 15 is 0 Å². The van der Waals surface area contributed by atoms with Gasteiger partial charge in [0.1, 0.15) is 0 Å². The molecule has 0 radical (unpaired) electrons. The fourth-order valence-corrected chi connectivity index (χ4v) is 2.57. The first kappa shape index (κ1) is 10.4. The average molecular weight is 201 g/mol. The van der Waals surface area contributed by atoms with Crippen molar-refractivity contribution >= 4 is 5.57 Å². The lowest BCUT2D eigenvalue weighted by molar-refractivity contribution is 0.740. The number of allylic oxidation sites excluding steroid dienone is 2. The van der Waals surface area contributed by atoms with Gasteiger partial charge >= 0.3 is 0 Å². The second-order valence-electron chi connectivity index (χ2n) is 4.52. The molecule has 2 rings (SSSR count). The quantitative estimate of drug-likeness (QED) is 0.670. The van der Waals surface area contributed by atoms with Crippen molar-refractivity contribution in [3.8, 4) is 0 Å². The fourth-order valence-electron chi connectivity index (χ4n) is 2.57. The number of aryl methyl sites for hydroxylation is 3. The first-order valence-electron chi connectivity index (χ1n) is 5.83. The van der Waals surface area contributed by atoms with Gasteiger partial charge in [-0.1, -0.05) is 6.08 Å². The summed E-state index contributed by atoms with van der Waals surface area (Å²) in [6.07, 6.45) is 7.55. The van der Waals surface area contributed by atoms with Crippen molar-refractivity contribution in [2.75, 3.05) is 0 Å². The van der Waals surface area contributed by atoms with Crippen LogP contribution in [0.5, 0.6) is 0 Å². The monoisotopic (exact) mass is 201 g/mol. The van der Waals surface area contributed by atoms with Crippen LogP contribution >= 0.6 is 0 Å². The molecule has 1 aromatic rings. The number of hydrogen-bond acceptors (Lipinski definition) is 1. The van der Waals surface area contributed by atoms with Gasteiger partial charge < -0.3 is 0 Å². The highest BCUT2D eigenvalue weighted by molar-refractivity contribution is 5.70. The van der Waals surface area contributed by atoms with Gasteiger partial charge in [0.15, 0.2) is 0 Å². The standard InChI is InChI=1S/C14H19N/c1-10-9-11(2)15-12(3)14(10)13-7-5-4-6-8-13/h7,9H,4-6,8H2,1-3H3. The SMILES string of the molecule is Cc1cc(C)c(C2=CCCCC2)c(C)n1. The third-order valence-corrected chi connectivity index (χ3v) is 3.14. The van der Waals surface area contributed by atoms with Gasteiger partial charge in [0.05, 0.1) is 0 Å². The Kier molecular flexibility index (Phi) is 2.90. The van der Waals surface area contributed by atoms with Gasteiger partial charge in [0.25, 0.3) is 0 Å². The molecule has 1 aliphatic rings. The highest BCUT2D eigenvalue weighted by Gasteiger charge is 2.12. The average Bonchev–Trinajstić information content (AvgIpc) is 2.17. The van der Waals surface area contributed by atoms with E-state index < -0.39 is 0 Å². The van der Waals surface area contributed by atoms with Gasteiger partial charge in [0.2, 0.25) is 0 Å². The van der Waals surface area contributed by atoms with E-state index in [2.05, 4.69) is 37.9 Å². The molecule has 80 valence electrons. The van der Waals surface area contributed by atoms with Gasteiger partial charge in [-0.05, 0) is 63.7 Å².